The molecule has 0 aliphatic carbocycles. The molecule has 1 fully saturated rings. The summed E-state index contributed by atoms with van der Waals surface area (Å²) in [7, 11) is 0. The molecule has 1 N–H and O–H groups in total. The lowest BCUT2D eigenvalue weighted by molar-refractivity contribution is 0.0845. The Morgan fingerprint density at radius 3 is 2.88 bits per heavy atom. The summed E-state index contributed by atoms with van der Waals surface area (Å²) >= 11 is 0. The molecule has 3 heterocycles. The first-order chi connectivity index (χ1) is 11.7. The molecule has 0 radical (unpaired) electrons. The Balaban J connectivity index is 2.20. The standard InChI is InChI=1S/C19H23N3O2/c1-4-6-15(7-5-2)18-13(3)21-22-17(23)12-16(20-19(18)22)14-8-10-24-11-9-14/h4-7,12,14,21H,1,8-11H2,2-3H3/b7-5-,15-6+. The molecule has 5 heteroatoms. The van der Waals surface area contributed by atoms with E-state index in [9.17, 15) is 4.79 Å². The summed E-state index contributed by atoms with van der Waals surface area (Å²) in [5.41, 5.74) is 4.30. The average molecular weight is 325 g/mol. The van der Waals surface area contributed by atoms with E-state index in [1.807, 2.05) is 32.1 Å². The zero-order valence-electron chi connectivity index (χ0n) is 14.2. The molecule has 1 aliphatic heterocycles. The first-order valence-corrected chi connectivity index (χ1v) is 8.31. The lowest BCUT2D eigenvalue weighted by Crippen LogP contribution is -2.20. The van der Waals surface area contributed by atoms with Gasteiger partial charge in [0.2, 0.25) is 0 Å². The highest BCUT2D eigenvalue weighted by molar-refractivity contribution is 5.84. The summed E-state index contributed by atoms with van der Waals surface area (Å²) < 4.78 is 6.94. The van der Waals surface area contributed by atoms with Crippen LogP contribution in [0.5, 0.6) is 0 Å². The molecule has 0 amide bonds. The van der Waals surface area contributed by atoms with Gasteiger partial charge in [-0.05, 0) is 32.3 Å². The largest absolute Gasteiger partial charge is 0.381 e. The van der Waals surface area contributed by atoms with Crippen molar-refractivity contribution in [2.75, 3.05) is 13.2 Å². The fourth-order valence-corrected chi connectivity index (χ4v) is 3.24. The van der Waals surface area contributed by atoms with Gasteiger partial charge in [0.25, 0.3) is 5.56 Å². The molecular weight excluding hydrogens is 302 g/mol. The first-order valence-electron chi connectivity index (χ1n) is 8.31. The third kappa shape index (κ3) is 2.99. The van der Waals surface area contributed by atoms with Crippen LogP contribution in [0.4, 0.5) is 0 Å². The number of ether oxygens (including phenoxy) is 1. The molecule has 3 rings (SSSR count). The van der Waals surface area contributed by atoms with E-state index in [0.29, 0.717) is 5.65 Å². The fourth-order valence-electron chi connectivity index (χ4n) is 3.24. The number of hydrogen-bond donors (Lipinski definition) is 1. The van der Waals surface area contributed by atoms with Gasteiger partial charge in [-0.1, -0.05) is 30.9 Å². The van der Waals surface area contributed by atoms with Gasteiger partial charge in [0.05, 0.1) is 5.69 Å². The second-order valence-electron chi connectivity index (χ2n) is 6.03. The normalized spacial score (nSPS) is 17.0. The minimum absolute atomic E-state index is 0.0747. The first kappa shape index (κ1) is 16.5. The maximum absolute atomic E-state index is 12.5. The number of allylic oxidation sites excluding steroid dienone is 5. The Morgan fingerprint density at radius 1 is 1.46 bits per heavy atom. The van der Waals surface area contributed by atoms with E-state index in [1.165, 1.54) is 4.52 Å². The molecule has 1 saturated heterocycles. The van der Waals surface area contributed by atoms with E-state index < -0.39 is 0 Å². The maximum Gasteiger partial charge on any atom is 0.272 e. The Labute approximate surface area is 141 Å². The molecule has 0 atom stereocenters. The zero-order valence-corrected chi connectivity index (χ0v) is 14.2. The smallest absolute Gasteiger partial charge is 0.272 e. The molecule has 0 aromatic carbocycles. The molecule has 1 aliphatic rings. The van der Waals surface area contributed by atoms with E-state index >= 15 is 0 Å². The summed E-state index contributed by atoms with van der Waals surface area (Å²) in [6.07, 6.45) is 9.48. The summed E-state index contributed by atoms with van der Waals surface area (Å²) in [6, 6.07) is 1.65. The van der Waals surface area contributed by atoms with Gasteiger partial charge in [-0.3, -0.25) is 9.89 Å². The van der Waals surface area contributed by atoms with Crippen LogP contribution in [0.15, 0.2) is 41.7 Å². The Bertz CT molecular complexity index is 865. The number of nitrogens with zero attached hydrogens (tertiary/aromatic N) is 2. The number of nitrogens with one attached hydrogen (secondary N) is 1. The van der Waals surface area contributed by atoms with Gasteiger partial charge in [0.15, 0.2) is 5.65 Å². The second kappa shape index (κ2) is 7.01. The zero-order chi connectivity index (χ0) is 17.1. The van der Waals surface area contributed by atoms with Gasteiger partial charge in [0, 0.05) is 36.5 Å². The SMILES string of the molecule is C=C/C=C(\C=C/C)c1c(C)[nH]n2c(=O)cc(C3CCOCC3)nc12. The highest BCUT2D eigenvalue weighted by atomic mass is 16.5. The van der Waals surface area contributed by atoms with Crippen LogP contribution < -0.4 is 5.56 Å². The van der Waals surface area contributed by atoms with Gasteiger partial charge in [-0.25, -0.2) is 9.50 Å². The van der Waals surface area contributed by atoms with E-state index in [0.717, 1.165) is 48.6 Å². The predicted molar refractivity (Wildman–Crippen MR) is 96.3 cm³/mol. The van der Waals surface area contributed by atoms with Crippen LogP contribution in [0.3, 0.4) is 0 Å². The van der Waals surface area contributed by atoms with Gasteiger partial charge < -0.3 is 4.74 Å². The summed E-state index contributed by atoms with van der Waals surface area (Å²) in [4.78, 5) is 17.4. The van der Waals surface area contributed by atoms with Gasteiger partial charge in [-0.2, -0.15) is 0 Å². The van der Waals surface area contributed by atoms with Crippen molar-refractivity contribution in [1.29, 1.82) is 0 Å². The quantitative estimate of drug-likeness (QED) is 0.877. The van der Waals surface area contributed by atoms with Gasteiger partial charge in [-0.15, -0.1) is 0 Å². The Morgan fingerprint density at radius 2 is 2.21 bits per heavy atom. The Hall–Kier alpha value is -2.40. The molecule has 0 spiro atoms. The van der Waals surface area contributed by atoms with Crippen LogP contribution in [-0.4, -0.2) is 27.8 Å². The van der Waals surface area contributed by atoms with Crippen LogP contribution in [0, 0.1) is 6.92 Å². The molecule has 126 valence electrons. The lowest BCUT2D eigenvalue weighted by atomic mass is 9.96. The van der Waals surface area contributed by atoms with E-state index in [2.05, 4.69) is 11.7 Å². The highest BCUT2D eigenvalue weighted by Gasteiger charge is 2.21. The van der Waals surface area contributed by atoms with Crippen molar-refractivity contribution in [3.63, 3.8) is 0 Å². The number of aryl methyl sites for hydroxylation is 1. The van der Waals surface area contributed by atoms with Crippen molar-refractivity contribution in [3.05, 3.63) is 64.3 Å². The van der Waals surface area contributed by atoms with Crippen molar-refractivity contribution >= 4 is 11.2 Å². The highest BCUT2D eigenvalue weighted by Crippen LogP contribution is 2.28. The molecule has 5 nitrogen and oxygen atoms in total. The number of aromatic amines is 1. The summed E-state index contributed by atoms with van der Waals surface area (Å²) in [6.45, 7) is 9.16. The van der Waals surface area contributed by atoms with Crippen LogP contribution in [0.25, 0.3) is 11.2 Å². The van der Waals surface area contributed by atoms with Gasteiger partial charge in [0.1, 0.15) is 0 Å². The van der Waals surface area contributed by atoms with Crippen LogP contribution >= 0.6 is 0 Å². The third-order valence-corrected chi connectivity index (χ3v) is 4.39. The number of hydrogen-bond acceptors (Lipinski definition) is 3. The van der Waals surface area contributed by atoms with Crippen molar-refractivity contribution in [1.82, 2.24) is 14.6 Å². The topological polar surface area (TPSA) is 59.4 Å². The maximum atomic E-state index is 12.5. The average Bonchev–Trinajstić information content (AvgIpc) is 2.92. The molecule has 2 aromatic rings. The second-order valence-corrected chi connectivity index (χ2v) is 6.03. The van der Waals surface area contributed by atoms with Crippen molar-refractivity contribution in [2.24, 2.45) is 0 Å². The minimum atomic E-state index is -0.0747. The van der Waals surface area contributed by atoms with E-state index in [-0.39, 0.29) is 11.5 Å². The number of aromatic nitrogens is 3. The Kier molecular flexibility index (Phi) is 4.81. The van der Waals surface area contributed by atoms with E-state index in [1.54, 1.807) is 12.1 Å². The van der Waals surface area contributed by atoms with Crippen molar-refractivity contribution in [3.8, 4) is 0 Å². The van der Waals surface area contributed by atoms with Crippen molar-refractivity contribution < 1.29 is 4.74 Å². The monoisotopic (exact) mass is 325 g/mol. The molecule has 0 saturated carbocycles. The lowest BCUT2D eigenvalue weighted by Gasteiger charge is -2.21. The molecule has 0 unspecified atom stereocenters. The minimum Gasteiger partial charge on any atom is -0.381 e. The van der Waals surface area contributed by atoms with Crippen LogP contribution in [0.2, 0.25) is 0 Å². The summed E-state index contributed by atoms with van der Waals surface area (Å²) in [5.74, 6) is 0.285. The molecule has 0 bridgehead atoms. The van der Waals surface area contributed by atoms with Crippen LogP contribution in [0.1, 0.15) is 42.6 Å². The van der Waals surface area contributed by atoms with Crippen LogP contribution in [-0.2, 0) is 4.74 Å². The fraction of sp³-hybridized carbons (Fsp3) is 0.368. The number of rotatable bonds is 4. The third-order valence-electron chi connectivity index (χ3n) is 4.39. The predicted octanol–water partition coefficient (Wildman–Crippen LogP) is 3.37. The summed E-state index contributed by atoms with van der Waals surface area (Å²) in [5, 5.41) is 3.13. The van der Waals surface area contributed by atoms with Gasteiger partial charge >= 0.3 is 0 Å². The molecule has 2 aromatic heterocycles. The van der Waals surface area contributed by atoms with E-state index in [4.69, 9.17) is 9.72 Å². The molecule has 24 heavy (non-hydrogen) atoms. The number of H-pyrrole nitrogens is 1. The van der Waals surface area contributed by atoms with Crippen molar-refractivity contribution in [2.45, 2.75) is 32.6 Å². The number of fused-ring (bicyclic) bond motifs is 1. The molecular formula is C19H23N3O2.